The van der Waals surface area contributed by atoms with Gasteiger partial charge in [-0.3, -0.25) is 0 Å². The summed E-state index contributed by atoms with van der Waals surface area (Å²) >= 11 is 0. The molecule has 2 rings (SSSR count). The number of benzene rings is 2. The monoisotopic (exact) mass is 270 g/mol. The van der Waals surface area contributed by atoms with Crippen molar-refractivity contribution in [1.29, 1.82) is 0 Å². The molecule has 0 heterocycles. The van der Waals surface area contributed by atoms with E-state index < -0.39 is 6.10 Å². The number of aliphatic hydroxyl groups is 1. The van der Waals surface area contributed by atoms with Gasteiger partial charge in [0.25, 0.3) is 0 Å². The fourth-order valence-corrected chi connectivity index (χ4v) is 2.08. The van der Waals surface area contributed by atoms with Crippen LogP contribution in [0.5, 0.6) is 5.75 Å². The van der Waals surface area contributed by atoms with Crippen LogP contribution in [0.25, 0.3) is 0 Å². The molecule has 0 aliphatic carbocycles. The van der Waals surface area contributed by atoms with Gasteiger partial charge in [-0.15, -0.1) is 0 Å². The molecule has 0 radical (unpaired) electrons. The van der Waals surface area contributed by atoms with E-state index in [4.69, 9.17) is 4.74 Å². The zero-order valence-corrected chi connectivity index (χ0v) is 12.1. The molecule has 2 aromatic rings. The van der Waals surface area contributed by atoms with E-state index in [0.29, 0.717) is 18.9 Å². The second-order valence-electron chi connectivity index (χ2n) is 5.38. The molecule has 0 fully saturated rings. The lowest BCUT2D eigenvalue weighted by atomic mass is 10.00. The Morgan fingerprint density at radius 3 is 2.20 bits per heavy atom. The predicted molar refractivity (Wildman–Crippen MR) is 82.2 cm³/mol. The summed E-state index contributed by atoms with van der Waals surface area (Å²) in [4.78, 5) is 0. The second-order valence-corrected chi connectivity index (χ2v) is 5.38. The summed E-state index contributed by atoms with van der Waals surface area (Å²) in [5.74, 6) is 1.33. The van der Waals surface area contributed by atoms with E-state index in [2.05, 4.69) is 38.1 Å². The van der Waals surface area contributed by atoms with Gasteiger partial charge in [-0.05, 0) is 29.2 Å². The Balaban J connectivity index is 1.83. The maximum Gasteiger partial charge on any atom is 0.119 e. The maximum atomic E-state index is 10.0. The van der Waals surface area contributed by atoms with Gasteiger partial charge in [0.1, 0.15) is 12.4 Å². The highest BCUT2D eigenvalue weighted by molar-refractivity contribution is 5.25. The lowest BCUT2D eigenvalue weighted by Gasteiger charge is -2.13. The molecular weight excluding hydrogens is 248 g/mol. The molecule has 106 valence electrons. The first-order valence-corrected chi connectivity index (χ1v) is 7.10. The molecule has 0 saturated heterocycles. The number of ether oxygens (including phenoxy) is 1. The summed E-state index contributed by atoms with van der Waals surface area (Å²) in [5, 5.41) is 10.0. The van der Waals surface area contributed by atoms with Gasteiger partial charge in [-0.2, -0.15) is 0 Å². The van der Waals surface area contributed by atoms with E-state index in [9.17, 15) is 5.11 Å². The van der Waals surface area contributed by atoms with Gasteiger partial charge < -0.3 is 9.84 Å². The van der Waals surface area contributed by atoms with Crippen LogP contribution >= 0.6 is 0 Å². The van der Waals surface area contributed by atoms with Gasteiger partial charge in [-0.1, -0.05) is 56.3 Å². The molecule has 20 heavy (non-hydrogen) atoms. The van der Waals surface area contributed by atoms with Crippen LogP contribution in [0.3, 0.4) is 0 Å². The molecule has 0 aliphatic heterocycles. The highest BCUT2D eigenvalue weighted by Gasteiger charge is 2.07. The highest BCUT2D eigenvalue weighted by atomic mass is 16.5. The summed E-state index contributed by atoms with van der Waals surface area (Å²) in [6.45, 7) is 4.67. The molecule has 1 N–H and O–H groups in total. The first-order chi connectivity index (χ1) is 9.65. The van der Waals surface area contributed by atoms with Crippen molar-refractivity contribution in [3.8, 4) is 5.75 Å². The Labute approximate surface area is 121 Å². The lowest BCUT2D eigenvalue weighted by Crippen LogP contribution is -2.20. The van der Waals surface area contributed by atoms with Crippen molar-refractivity contribution in [3.05, 3.63) is 65.7 Å². The molecular formula is C18H22O2. The average molecular weight is 270 g/mol. The minimum atomic E-state index is -0.486. The Morgan fingerprint density at radius 1 is 0.950 bits per heavy atom. The fraction of sp³-hybridized carbons (Fsp3) is 0.333. The molecule has 0 saturated carbocycles. The highest BCUT2D eigenvalue weighted by Crippen LogP contribution is 2.16. The van der Waals surface area contributed by atoms with E-state index in [-0.39, 0.29) is 0 Å². The zero-order valence-electron chi connectivity index (χ0n) is 12.1. The van der Waals surface area contributed by atoms with Gasteiger partial charge in [0.05, 0.1) is 6.10 Å². The summed E-state index contributed by atoms with van der Waals surface area (Å²) in [6.07, 6.45) is 0.130. The molecule has 1 atom stereocenters. The van der Waals surface area contributed by atoms with Crippen LogP contribution in [0.15, 0.2) is 54.6 Å². The number of para-hydroxylation sites is 1. The molecule has 2 nitrogen and oxygen atoms in total. The quantitative estimate of drug-likeness (QED) is 0.865. The predicted octanol–water partition coefficient (Wildman–Crippen LogP) is 3.79. The van der Waals surface area contributed by atoms with Crippen LogP contribution in [0.1, 0.15) is 30.9 Å². The van der Waals surface area contributed by atoms with Crippen molar-refractivity contribution >= 4 is 0 Å². The normalized spacial score (nSPS) is 12.4. The SMILES string of the molecule is CC(C)c1ccc(CC(O)COc2ccccc2)cc1. The van der Waals surface area contributed by atoms with Crippen molar-refractivity contribution in [2.24, 2.45) is 0 Å². The van der Waals surface area contributed by atoms with E-state index in [1.165, 1.54) is 5.56 Å². The Bertz CT molecular complexity index is 503. The van der Waals surface area contributed by atoms with Crippen LogP contribution in [0.4, 0.5) is 0 Å². The molecule has 2 heteroatoms. The first-order valence-electron chi connectivity index (χ1n) is 7.10. The molecule has 0 aliphatic rings. The third-order valence-electron chi connectivity index (χ3n) is 3.30. The Kier molecular flexibility index (Phi) is 5.19. The zero-order chi connectivity index (χ0) is 14.4. The van der Waals surface area contributed by atoms with Crippen LogP contribution in [0, 0.1) is 0 Å². The molecule has 0 spiro atoms. The van der Waals surface area contributed by atoms with Crippen LogP contribution < -0.4 is 4.74 Å². The van der Waals surface area contributed by atoms with Crippen LogP contribution in [-0.2, 0) is 6.42 Å². The van der Waals surface area contributed by atoms with E-state index in [0.717, 1.165) is 11.3 Å². The van der Waals surface area contributed by atoms with Crippen LogP contribution in [-0.4, -0.2) is 17.8 Å². The Hall–Kier alpha value is -1.80. The van der Waals surface area contributed by atoms with Gasteiger partial charge >= 0.3 is 0 Å². The van der Waals surface area contributed by atoms with Gasteiger partial charge in [0.2, 0.25) is 0 Å². The van der Waals surface area contributed by atoms with Gasteiger partial charge in [0.15, 0.2) is 0 Å². The minimum absolute atomic E-state index is 0.315. The maximum absolute atomic E-state index is 10.0. The second kappa shape index (κ2) is 7.11. The molecule has 0 amide bonds. The van der Waals surface area contributed by atoms with E-state index in [1.54, 1.807) is 0 Å². The number of aliphatic hydroxyl groups excluding tert-OH is 1. The van der Waals surface area contributed by atoms with Gasteiger partial charge in [-0.25, -0.2) is 0 Å². The lowest BCUT2D eigenvalue weighted by molar-refractivity contribution is 0.108. The molecule has 2 aromatic carbocycles. The van der Waals surface area contributed by atoms with E-state index in [1.807, 2.05) is 30.3 Å². The first kappa shape index (κ1) is 14.6. The topological polar surface area (TPSA) is 29.5 Å². The van der Waals surface area contributed by atoms with Crippen molar-refractivity contribution in [2.75, 3.05) is 6.61 Å². The van der Waals surface area contributed by atoms with Crippen molar-refractivity contribution in [1.82, 2.24) is 0 Å². The summed E-state index contributed by atoms with van der Waals surface area (Å²) in [7, 11) is 0. The number of hydrogen-bond donors (Lipinski definition) is 1. The summed E-state index contributed by atoms with van der Waals surface area (Å²) in [6, 6.07) is 18.0. The van der Waals surface area contributed by atoms with Gasteiger partial charge in [0, 0.05) is 6.42 Å². The minimum Gasteiger partial charge on any atom is -0.491 e. The van der Waals surface area contributed by atoms with Crippen molar-refractivity contribution in [2.45, 2.75) is 32.3 Å². The van der Waals surface area contributed by atoms with Crippen molar-refractivity contribution in [3.63, 3.8) is 0 Å². The standard InChI is InChI=1S/C18H22O2/c1-14(2)16-10-8-15(9-11-16)12-17(19)13-20-18-6-4-3-5-7-18/h3-11,14,17,19H,12-13H2,1-2H3. The average Bonchev–Trinajstić information content (AvgIpc) is 2.47. The smallest absolute Gasteiger partial charge is 0.119 e. The fourth-order valence-electron chi connectivity index (χ4n) is 2.08. The summed E-state index contributed by atoms with van der Waals surface area (Å²) < 4.78 is 5.55. The molecule has 0 bridgehead atoms. The third kappa shape index (κ3) is 4.39. The largest absolute Gasteiger partial charge is 0.491 e. The molecule has 0 aromatic heterocycles. The molecule has 1 unspecified atom stereocenters. The van der Waals surface area contributed by atoms with E-state index >= 15 is 0 Å². The number of rotatable bonds is 6. The summed E-state index contributed by atoms with van der Waals surface area (Å²) in [5.41, 5.74) is 2.46. The van der Waals surface area contributed by atoms with Crippen molar-refractivity contribution < 1.29 is 9.84 Å². The Morgan fingerprint density at radius 2 is 1.60 bits per heavy atom. The third-order valence-corrected chi connectivity index (χ3v) is 3.30. The number of hydrogen-bond acceptors (Lipinski definition) is 2. The van der Waals surface area contributed by atoms with Crippen LogP contribution in [0.2, 0.25) is 0 Å².